The minimum absolute atomic E-state index is 0.243. The summed E-state index contributed by atoms with van der Waals surface area (Å²) in [7, 11) is 4.07. The largest absolute Gasteiger partial charge is 0.384 e. The molecule has 2 N–H and O–H groups in total. The third kappa shape index (κ3) is 1.61. The Hall–Kier alpha value is -1.19. The van der Waals surface area contributed by atoms with Crippen molar-refractivity contribution < 1.29 is 0 Å². The van der Waals surface area contributed by atoms with Crippen LogP contribution in [0.25, 0.3) is 0 Å². The molecule has 4 bridgehead atoms. The number of nitrogen functional groups attached to an aromatic ring is 1. The second-order valence-electron chi connectivity index (χ2n) is 7.38. The molecule has 4 saturated carbocycles. The van der Waals surface area contributed by atoms with Gasteiger partial charge in [0, 0.05) is 20.2 Å². The first kappa shape index (κ1) is 11.6. The lowest BCUT2D eigenvalue weighted by molar-refractivity contribution is -0.0480. The highest BCUT2D eigenvalue weighted by atomic mass is 15.4. The first-order valence-corrected chi connectivity index (χ1v) is 7.59. The normalized spacial score (nSPS) is 39.8. The van der Waals surface area contributed by atoms with Crippen LogP contribution in [0.4, 0.5) is 11.6 Å². The molecule has 0 aliphatic heterocycles. The molecule has 4 heteroatoms. The molecule has 1 heterocycles. The van der Waals surface area contributed by atoms with Crippen LogP contribution in [0.2, 0.25) is 0 Å². The van der Waals surface area contributed by atoms with Gasteiger partial charge in [0.2, 0.25) is 0 Å². The molecule has 1 aromatic rings. The van der Waals surface area contributed by atoms with E-state index in [-0.39, 0.29) is 5.54 Å². The van der Waals surface area contributed by atoms with E-state index in [1.807, 2.05) is 25.1 Å². The third-order valence-electron chi connectivity index (χ3n) is 5.64. The van der Waals surface area contributed by atoms with E-state index in [1.165, 1.54) is 38.5 Å². The third-order valence-corrected chi connectivity index (χ3v) is 5.64. The van der Waals surface area contributed by atoms with E-state index in [2.05, 4.69) is 4.68 Å². The van der Waals surface area contributed by atoms with E-state index < -0.39 is 0 Å². The van der Waals surface area contributed by atoms with Crippen LogP contribution in [0.1, 0.15) is 38.5 Å². The zero-order valence-corrected chi connectivity index (χ0v) is 12.0. The summed E-state index contributed by atoms with van der Waals surface area (Å²) >= 11 is 0. The Balaban J connectivity index is 1.75. The Kier molecular flexibility index (Phi) is 2.25. The standard InChI is InChI=1S/C15H24N4/c1-18(2)14-6-13(16)19(17-14)15-7-10-3-11(8-15)5-12(4-10)9-15/h6,10-12H,3-5,7-9,16H2,1-2H3. The number of anilines is 2. The molecule has 0 atom stereocenters. The van der Waals surface area contributed by atoms with Crippen molar-refractivity contribution in [1.82, 2.24) is 9.78 Å². The summed E-state index contributed by atoms with van der Waals surface area (Å²) in [5.74, 6) is 4.63. The molecule has 4 aliphatic rings. The predicted molar refractivity (Wildman–Crippen MR) is 77.1 cm³/mol. The highest BCUT2D eigenvalue weighted by molar-refractivity contribution is 5.47. The summed E-state index contributed by atoms with van der Waals surface area (Å²) in [4.78, 5) is 2.05. The second kappa shape index (κ2) is 3.68. The zero-order chi connectivity index (χ0) is 13.2. The molecule has 1 aromatic heterocycles. The van der Waals surface area contributed by atoms with Crippen molar-refractivity contribution in [1.29, 1.82) is 0 Å². The summed E-state index contributed by atoms with van der Waals surface area (Å²) in [6, 6.07) is 2.03. The maximum Gasteiger partial charge on any atom is 0.152 e. The monoisotopic (exact) mass is 260 g/mol. The highest BCUT2D eigenvalue weighted by Crippen LogP contribution is 2.59. The number of nitrogens with two attached hydrogens (primary N) is 1. The Bertz CT molecular complexity index is 467. The fraction of sp³-hybridized carbons (Fsp3) is 0.800. The zero-order valence-electron chi connectivity index (χ0n) is 12.0. The quantitative estimate of drug-likeness (QED) is 0.888. The van der Waals surface area contributed by atoms with Gasteiger partial charge in [-0.1, -0.05) is 0 Å². The fourth-order valence-corrected chi connectivity index (χ4v) is 5.31. The van der Waals surface area contributed by atoms with Crippen LogP contribution in [0.5, 0.6) is 0 Å². The Morgan fingerprint density at radius 3 is 2.11 bits per heavy atom. The molecule has 5 rings (SSSR count). The summed E-state index contributed by atoms with van der Waals surface area (Å²) < 4.78 is 2.19. The Morgan fingerprint density at radius 1 is 1.16 bits per heavy atom. The van der Waals surface area contributed by atoms with Crippen molar-refractivity contribution >= 4 is 11.6 Å². The molecule has 19 heavy (non-hydrogen) atoms. The van der Waals surface area contributed by atoms with Crippen molar-refractivity contribution in [3.63, 3.8) is 0 Å². The molecule has 0 saturated heterocycles. The van der Waals surface area contributed by atoms with Gasteiger partial charge in [-0.2, -0.15) is 5.10 Å². The number of rotatable bonds is 2. The topological polar surface area (TPSA) is 47.1 Å². The number of hydrogen-bond acceptors (Lipinski definition) is 3. The molecule has 104 valence electrons. The average Bonchev–Trinajstić information content (AvgIpc) is 2.70. The first-order chi connectivity index (χ1) is 9.06. The highest BCUT2D eigenvalue weighted by Gasteiger charge is 2.53. The molecule has 4 fully saturated rings. The molecular formula is C15H24N4. The van der Waals surface area contributed by atoms with Gasteiger partial charge in [0.15, 0.2) is 5.82 Å². The van der Waals surface area contributed by atoms with Crippen LogP contribution in [-0.4, -0.2) is 23.9 Å². The van der Waals surface area contributed by atoms with E-state index >= 15 is 0 Å². The van der Waals surface area contributed by atoms with Crippen molar-refractivity contribution in [2.75, 3.05) is 24.7 Å². The number of aromatic nitrogens is 2. The van der Waals surface area contributed by atoms with Gasteiger partial charge in [-0.15, -0.1) is 0 Å². The van der Waals surface area contributed by atoms with E-state index in [9.17, 15) is 0 Å². The fourth-order valence-electron chi connectivity index (χ4n) is 5.31. The van der Waals surface area contributed by atoms with E-state index in [1.54, 1.807) is 0 Å². The van der Waals surface area contributed by atoms with Crippen LogP contribution in [0, 0.1) is 17.8 Å². The lowest BCUT2D eigenvalue weighted by atomic mass is 9.53. The maximum absolute atomic E-state index is 6.27. The van der Waals surface area contributed by atoms with Gasteiger partial charge in [-0.05, 0) is 56.3 Å². The molecule has 0 spiro atoms. The van der Waals surface area contributed by atoms with Crippen molar-refractivity contribution in [3.05, 3.63) is 6.07 Å². The minimum Gasteiger partial charge on any atom is -0.384 e. The van der Waals surface area contributed by atoms with Crippen LogP contribution in [0.3, 0.4) is 0 Å². The Morgan fingerprint density at radius 2 is 1.68 bits per heavy atom. The molecule has 0 unspecified atom stereocenters. The lowest BCUT2D eigenvalue weighted by Gasteiger charge is -2.56. The van der Waals surface area contributed by atoms with Gasteiger partial charge in [0.05, 0.1) is 5.54 Å². The second-order valence-corrected chi connectivity index (χ2v) is 7.38. The van der Waals surface area contributed by atoms with Crippen LogP contribution >= 0.6 is 0 Å². The van der Waals surface area contributed by atoms with Crippen LogP contribution in [0.15, 0.2) is 6.07 Å². The molecule has 0 radical (unpaired) electrons. The van der Waals surface area contributed by atoms with Crippen molar-refractivity contribution in [2.45, 2.75) is 44.1 Å². The minimum atomic E-state index is 0.243. The van der Waals surface area contributed by atoms with E-state index in [4.69, 9.17) is 10.8 Å². The summed E-state index contributed by atoms with van der Waals surface area (Å²) in [6.07, 6.45) is 8.29. The predicted octanol–water partition coefficient (Wildman–Crippen LogP) is 2.46. The number of hydrogen-bond donors (Lipinski definition) is 1. The van der Waals surface area contributed by atoms with Gasteiger partial charge < -0.3 is 10.6 Å². The molecule has 4 aliphatic carbocycles. The lowest BCUT2D eigenvalue weighted by Crippen LogP contribution is -2.52. The van der Waals surface area contributed by atoms with Crippen molar-refractivity contribution in [3.8, 4) is 0 Å². The average molecular weight is 260 g/mol. The molecule has 4 nitrogen and oxygen atoms in total. The summed E-state index contributed by atoms with van der Waals surface area (Å²) in [5.41, 5.74) is 6.52. The Labute approximate surface area is 115 Å². The molecular weight excluding hydrogens is 236 g/mol. The van der Waals surface area contributed by atoms with E-state index in [0.29, 0.717) is 0 Å². The maximum atomic E-state index is 6.27. The molecule has 0 aromatic carbocycles. The van der Waals surface area contributed by atoms with Crippen LogP contribution in [-0.2, 0) is 5.54 Å². The number of nitrogens with zero attached hydrogens (tertiary/aromatic N) is 3. The van der Waals surface area contributed by atoms with Crippen LogP contribution < -0.4 is 10.6 Å². The van der Waals surface area contributed by atoms with Crippen molar-refractivity contribution in [2.24, 2.45) is 17.8 Å². The summed E-state index contributed by atoms with van der Waals surface area (Å²) in [6.45, 7) is 0. The SMILES string of the molecule is CN(C)c1cc(N)n(C23CC4CC(CC(C4)C2)C3)n1. The summed E-state index contributed by atoms with van der Waals surface area (Å²) in [5, 5.41) is 4.82. The van der Waals surface area contributed by atoms with Gasteiger partial charge in [0.1, 0.15) is 5.82 Å². The van der Waals surface area contributed by atoms with Gasteiger partial charge >= 0.3 is 0 Å². The molecule has 0 amide bonds. The first-order valence-electron chi connectivity index (χ1n) is 7.59. The van der Waals surface area contributed by atoms with E-state index in [0.717, 1.165) is 29.4 Å². The van der Waals surface area contributed by atoms with Gasteiger partial charge in [0.25, 0.3) is 0 Å². The van der Waals surface area contributed by atoms with Gasteiger partial charge in [-0.3, -0.25) is 0 Å². The van der Waals surface area contributed by atoms with Gasteiger partial charge in [-0.25, -0.2) is 4.68 Å². The smallest absolute Gasteiger partial charge is 0.152 e.